The van der Waals surface area contributed by atoms with Crippen LogP contribution in [-0.2, 0) is 19.6 Å². The number of amides is 2. The highest BCUT2D eigenvalue weighted by Gasteiger charge is 2.23. The molecule has 0 spiro atoms. The van der Waals surface area contributed by atoms with Gasteiger partial charge in [-0.1, -0.05) is 28.1 Å². The highest BCUT2D eigenvalue weighted by Crippen LogP contribution is 2.17. The van der Waals surface area contributed by atoms with E-state index >= 15 is 0 Å². The minimum absolute atomic E-state index is 0.00205. The standard InChI is InChI=1S/C19H22BrN3O4S/c1-12(15-4-6-16(20)7-5-15)21-19(25)13(2)23-28(26,27)18-10-8-17(9-11-18)22-14(3)24/h4-13,23H,1-3H3,(H,21,25)(H,22,24)/t12?,13-/m0/s1. The molecular weight excluding hydrogens is 446 g/mol. The number of benzene rings is 2. The molecule has 2 atom stereocenters. The van der Waals surface area contributed by atoms with Gasteiger partial charge in [0.15, 0.2) is 0 Å². The molecule has 0 saturated carbocycles. The largest absolute Gasteiger partial charge is 0.348 e. The summed E-state index contributed by atoms with van der Waals surface area (Å²) in [6, 6.07) is 11.9. The predicted octanol–water partition coefficient (Wildman–Crippen LogP) is 2.95. The van der Waals surface area contributed by atoms with Gasteiger partial charge in [-0.3, -0.25) is 9.59 Å². The van der Waals surface area contributed by atoms with Crippen LogP contribution in [-0.4, -0.2) is 26.3 Å². The number of hydrogen-bond donors (Lipinski definition) is 3. The lowest BCUT2D eigenvalue weighted by Gasteiger charge is -2.19. The maximum atomic E-state index is 12.5. The quantitative estimate of drug-likeness (QED) is 0.581. The summed E-state index contributed by atoms with van der Waals surface area (Å²) in [6.45, 7) is 4.66. The Morgan fingerprint density at radius 1 is 0.964 bits per heavy atom. The van der Waals surface area contributed by atoms with E-state index < -0.39 is 22.0 Å². The summed E-state index contributed by atoms with van der Waals surface area (Å²) < 4.78 is 28.3. The summed E-state index contributed by atoms with van der Waals surface area (Å²) >= 11 is 3.36. The Hall–Kier alpha value is -2.23. The van der Waals surface area contributed by atoms with Gasteiger partial charge in [-0.05, 0) is 55.8 Å². The van der Waals surface area contributed by atoms with E-state index in [2.05, 4.69) is 31.3 Å². The van der Waals surface area contributed by atoms with Crippen molar-refractivity contribution in [2.24, 2.45) is 0 Å². The van der Waals surface area contributed by atoms with Gasteiger partial charge in [0, 0.05) is 17.1 Å². The Morgan fingerprint density at radius 3 is 2.07 bits per heavy atom. The first kappa shape index (κ1) is 22.1. The molecule has 150 valence electrons. The lowest BCUT2D eigenvalue weighted by Crippen LogP contribution is -2.45. The topological polar surface area (TPSA) is 104 Å². The fourth-order valence-corrected chi connectivity index (χ4v) is 3.92. The minimum Gasteiger partial charge on any atom is -0.348 e. The Labute approximate surface area is 173 Å². The second-order valence-corrected chi connectivity index (χ2v) is 8.96. The monoisotopic (exact) mass is 467 g/mol. The van der Waals surface area contributed by atoms with Crippen molar-refractivity contribution < 1.29 is 18.0 Å². The smallest absolute Gasteiger partial charge is 0.241 e. The molecule has 2 rings (SSSR count). The summed E-state index contributed by atoms with van der Waals surface area (Å²) in [7, 11) is -3.89. The molecule has 7 nitrogen and oxygen atoms in total. The first-order valence-electron chi connectivity index (χ1n) is 8.54. The van der Waals surface area contributed by atoms with E-state index in [0.717, 1.165) is 10.0 Å². The second-order valence-electron chi connectivity index (χ2n) is 6.33. The van der Waals surface area contributed by atoms with Gasteiger partial charge in [-0.2, -0.15) is 4.72 Å². The van der Waals surface area contributed by atoms with Gasteiger partial charge in [0.05, 0.1) is 17.0 Å². The van der Waals surface area contributed by atoms with Crippen molar-refractivity contribution in [2.75, 3.05) is 5.32 Å². The highest BCUT2D eigenvalue weighted by atomic mass is 79.9. The number of hydrogen-bond acceptors (Lipinski definition) is 4. The van der Waals surface area contributed by atoms with Gasteiger partial charge < -0.3 is 10.6 Å². The third-order valence-electron chi connectivity index (χ3n) is 3.94. The van der Waals surface area contributed by atoms with Crippen molar-refractivity contribution in [1.82, 2.24) is 10.0 Å². The fraction of sp³-hybridized carbons (Fsp3) is 0.263. The molecule has 0 aromatic heterocycles. The average Bonchev–Trinajstić information content (AvgIpc) is 2.61. The second kappa shape index (κ2) is 9.31. The Bertz CT molecular complexity index is 944. The molecule has 0 fully saturated rings. The summed E-state index contributed by atoms with van der Waals surface area (Å²) in [5.74, 6) is -0.687. The molecule has 0 aliphatic heterocycles. The molecule has 0 saturated heterocycles. The van der Waals surface area contributed by atoms with Gasteiger partial charge in [0.2, 0.25) is 21.8 Å². The zero-order valence-electron chi connectivity index (χ0n) is 15.7. The van der Waals surface area contributed by atoms with Gasteiger partial charge in [0.1, 0.15) is 0 Å². The van der Waals surface area contributed by atoms with Crippen LogP contribution in [0.3, 0.4) is 0 Å². The van der Waals surface area contributed by atoms with Crippen LogP contribution < -0.4 is 15.4 Å². The number of nitrogens with one attached hydrogen (secondary N) is 3. The number of carbonyl (C=O) groups excluding carboxylic acids is 2. The zero-order chi connectivity index (χ0) is 20.9. The molecule has 28 heavy (non-hydrogen) atoms. The summed E-state index contributed by atoms with van der Waals surface area (Å²) in [5.41, 5.74) is 1.39. The Balaban J connectivity index is 2.01. The molecule has 1 unspecified atom stereocenters. The third kappa shape index (κ3) is 6.15. The molecular formula is C19H22BrN3O4S. The third-order valence-corrected chi connectivity index (χ3v) is 6.02. The average molecular weight is 468 g/mol. The van der Waals surface area contributed by atoms with Crippen LogP contribution in [0.15, 0.2) is 57.9 Å². The van der Waals surface area contributed by atoms with Crippen LogP contribution in [0, 0.1) is 0 Å². The lowest BCUT2D eigenvalue weighted by molar-refractivity contribution is -0.123. The molecule has 3 N–H and O–H groups in total. The number of anilines is 1. The van der Waals surface area contributed by atoms with Crippen LogP contribution in [0.1, 0.15) is 32.4 Å². The van der Waals surface area contributed by atoms with Crippen molar-refractivity contribution in [1.29, 1.82) is 0 Å². The van der Waals surface area contributed by atoms with Crippen LogP contribution in [0.4, 0.5) is 5.69 Å². The minimum atomic E-state index is -3.89. The molecule has 0 aliphatic rings. The number of halogens is 1. The Morgan fingerprint density at radius 2 is 1.54 bits per heavy atom. The van der Waals surface area contributed by atoms with E-state index in [9.17, 15) is 18.0 Å². The van der Waals surface area contributed by atoms with Crippen LogP contribution in [0.2, 0.25) is 0 Å². The Kier molecular flexibility index (Phi) is 7.34. The van der Waals surface area contributed by atoms with Crippen molar-refractivity contribution in [3.05, 3.63) is 58.6 Å². The number of sulfonamides is 1. The van der Waals surface area contributed by atoms with E-state index in [4.69, 9.17) is 0 Å². The number of carbonyl (C=O) groups is 2. The summed E-state index contributed by atoms with van der Waals surface area (Å²) in [4.78, 5) is 23.4. The van der Waals surface area contributed by atoms with E-state index in [0.29, 0.717) is 5.69 Å². The molecule has 0 bridgehead atoms. The predicted molar refractivity (Wildman–Crippen MR) is 111 cm³/mol. The molecule has 0 aliphatic carbocycles. The van der Waals surface area contributed by atoms with Crippen molar-refractivity contribution in [2.45, 2.75) is 37.8 Å². The van der Waals surface area contributed by atoms with Crippen molar-refractivity contribution in [3.8, 4) is 0 Å². The fourth-order valence-electron chi connectivity index (χ4n) is 2.45. The van der Waals surface area contributed by atoms with E-state index in [1.54, 1.807) is 0 Å². The maximum Gasteiger partial charge on any atom is 0.241 e. The van der Waals surface area contributed by atoms with Crippen molar-refractivity contribution in [3.63, 3.8) is 0 Å². The van der Waals surface area contributed by atoms with Crippen LogP contribution in [0.25, 0.3) is 0 Å². The van der Waals surface area contributed by atoms with Crippen LogP contribution >= 0.6 is 15.9 Å². The van der Waals surface area contributed by atoms with Gasteiger partial charge in [-0.15, -0.1) is 0 Å². The summed E-state index contributed by atoms with van der Waals surface area (Å²) in [5, 5.41) is 5.35. The lowest BCUT2D eigenvalue weighted by atomic mass is 10.1. The SMILES string of the molecule is CC(=O)Nc1ccc(S(=O)(=O)N[C@@H](C)C(=O)NC(C)c2ccc(Br)cc2)cc1. The van der Waals surface area contributed by atoms with Gasteiger partial charge in [0.25, 0.3) is 0 Å². The zero-order valence-corrected chi connectivity index (χ0v) is 18.1. The normalized spacial score (nSPS) is 13.4. The van der Waals surface area contributed by atoms with Gasteiger partial charge in [-0.25, -0.2) is 8.42 Å². The molecule has 2 aromatic carbocycles. The highest BCUT2D eigenvalue weighted by molar-refractivity contribution is 9.10. The molecule has 9 heteroatoms. The molecule has 0 radical (unpaired) electrons. The molecule has 0 heterocycles. The molecule has 2 aromatic rings. The maximum absolute atomic E-state index is 12.5. The van der Waals surface area contributed by atoms with Crippen molar-refractivity contribution >= 4 is 43.5 Å². The first-order chi connectivity index (χ1) is 13.1. The number of rotatable bonds is 7. The van der Waals surface area contributed by atoms with Crippen LogP contribution in [0.5, 0.6) is 0 Å². The van der Waals surface area contributed by atoms with E-state index in [1.807, 2.05) is 31.2 Å². The summed E-state index contributed by atoms with van der Waals surface area (Å²) in [6.07, 6.45) is 0. The van der Waals surface area contributed by atoms with E-state index in [-0.39, 0.29) is 16.8 Å². The molecule has 2 amide bonds. The van der Waals surface area contributed by atoms with Gasteiger partial charge >= 0.3 is 0 Å². The van der Waals surface area contributed by atoms with E-state index in [1.165, 1.54) is 38.1 Å². The first-order valence-corrected chi connectivity index (χ1v) is 10.8.